The zero-order valence-corrected chi connectivity index (χ0v) is 13.4. The highest BCUT2D eigenvalue weighted by molar-refractivity contribution is 6.24. The summed E-state index contributed by atoms with van der Waals surface area (Å²) >= 11 is 6.45. The van der Waals surface area contributed by atoms with E-state index in [9.17, 15) is 10.2 Å². The van der Waals surface area contributed by atoms with Crippen LogP contribution in [0, 0.1) is 0 Å². The van der Waals surface area contributed by atoms with Gasteiger partial charge >= 0.3 is 0 Å². The zero-order valence-electron chi connectivity index (χ0n) is 12.7. The number of aromatic nitrogens is 4. The molecular formula is C13H18ClN5O4. The van der Waals surface area contributed by atoms with Crippen molar-refractivity contribution in [3.8, 4) is 5.88 Å². The Labute approximate surface area is 137 Å². The molecule has 126 valence electrons. The molecule has 0 spiro atoms. The van der Waals surface area contributed by atoms with Crippen molar-refractivity contribution in [3.05, 3.63) is 6.33 Å². The van der Waals surface area contributed by atoms with Gasteiger partial charge in [-0.2, -0.15) is 9.97 Å². The van der Waals surface area contributed by atoms with Gasteiger partial charge in [-0.3, -0.25) is 4.57 Å². The van der Waals surface area contributed by atoms with Crippen LogP contribution >= 0.6 is 11.6 Å². The van der Waals surface area contributed by atoms with E-state index in [1.165, 1.54) is 6.33 Å². The molecule has 0 bridgehead atoms. The first kappa shape index (κ1) is 16.2. The molecule has 10 heteroatoms. The monoisotopic (exact) mass is 343 g/mol. The fourth-order valence-corrected chi connectivity index (χ4v) is 2.98. The highest BCUT2D eigenvalue weighted by atomic mass is 35.5. The van der Waals surface area contributed by atoms with Gasteiger partial charge in [0.1, 0.15) is 17.1 Å². The third-order valence-electron chi connectivity index (χ3n) is 3.84. The molecule has 0 aliphatic carbocycles. The second-order valence-corrected chi connectivity index (χ2v) is 6.26. The Kier molecular flexibility index (Phi) is 4.05. The van der Waals surface area contributed by atoms with Crippen molar-refractivity contribution in [2.45, 2.75) is 37.2 Å². The number of rotatable bonds is 4. The largest absolute Gasteiger partial charge is 0.476 e. The lowest BCUT2D eigenvalue weighted by Gasteiger charge is -2.26. The van der Waals surface area contributed by atoms with Crippen molar-refractivity contribution in [2.24, 2.45) is 0 Å². The van der Waals surface area contributed by atoms with Crippen molar-refractivity contribution in [2.75, 3.05) is 18.9 Å². The van der Waals surface area contributed by atoms with Crippen LogP contribution in [0.2, 0.25) is 0 Å². The summed E-state index contributed by atoms with van der Waals surface area (Å²) in [4.78, 5) is 11.3. The Morgan fingerprint density at radius 2 is 2.26 bits per heavy atom. The van der Waals surface area contributed by atoms with Gasteiger partial charge in [-0.15, -0.1) is 11.6 Å². The maximum atomic E-state index is 10.2. The minimum Gasteiger partial charge on any atom is -0.476 e. The number of alkyl halides is 1. The quantitative estimate of drug-likeness (QED) is 0.664. The molecule has 23 heavy (non-hydrogen) atoms. The van der Waals surface area contributed by atoms with Gasteiger partial charge < -0.3 is 25.4 Å². The maximum Gasteiger partial charge on any atom is 0.247 e. The molecule has 0 saturated carbocycles. The van der Waals surface area contributed by atoms with Crippen LogP contribution in [0.5, 0.6) is 5.88 Å². The molecule has 0 unspecified atom stereocenters. The molecule has 2 aromatic rings. The smallest absolute Gasteiger partial charge is 0.247 e. The maximum absolute atomic E-state index is 10.2. The first-order chi connectivity index (χ1) is 10.9. The number of hydrogen-bond donors (Lipinski definition) is 3. The fraction of sp³-hybridized carbons (Fsp3) is 0.615. The Balaban J connectivity index is 2.10. The van der Waals surface area contributed by atoms with E-state index in [1.54, 1.807) is 11.5 Å². The number of anilines is 1. The zero-order chi connectivity index (χ0) is 16.8. The van der Waals surface area contributed by atoms with Crippen LogP contribution in [0.25, 0.3) is 11.2 Å². The molecule has 9 nitrogen and oxygen atoms in total. The second-order valence-electron chi connectivity index (χ2n) is 5.45. The number of ether oxygens (including phenoxy) is 2. The number of aliphatic hydroxyl groups excluding tert-OH is 2. The number of aliphatic hydroxyl groups is 2. The Bertz CT molecular complexity index is 722. The molecule has 1 fully saturated rings. The van der Waals surface area contributed by atoms with Gasteiger partial charge in [0.15, 0.2) is 17.4 Å². The minimum atomic E-state index is -1.17. The van der Waals surface area contributed by atoms with Crippen LogP contribution in [0.1, 0.15) is 20.1 Å². The number of halogens is 1. The topological polar surface area (TPSA) is 129 Å². The fourth-order valence-electron chi connectivity index (χ4n) is 2.68. The number of imidazole rings is 1. The molecule has 0 radical (unpaired) electrons. The summed E-state index contributed by atoms with van der Waals surface area (Å²) in [5.41, 5.74) is 6.52. The normalized spacial score (nSPS) is 30.9. The first-order valence-corrected chi connectivity index (χ1v) is 7.54. The molecule has 1 aliphatic heterocycles. The van der Waals surface area contributed by atoms with Gasteiger partial charge in [0.05, 0.1) is 19.5 Å². The highest BCUT2D eigenvalue weighted by Gasteiger charge is 2.53. The number of nitrogens with zero attached hydrogens (tertiary/aromatic N) is 4. The van der Waals surface area contributed by atoms with Gasteiger partial charge in [-0.1, -0.05) is 0 Å². The third kappa shape index (κ3) is 2.49. The van der Waals surface area contributed by atoms with Gasteiger partial charge in [0, 0.05) is 0 Å². The molecular weight excluding hydrogens is 326 g/mol. The predicted octanol–water partition coefficient (Wildman–Crippen LogP) is 0.0553. The number of nitrogen functional groups attached to an aromatic ring is 1. The van der Waals surface area contributed by atoms with Crippen LogP contribution in [0.4, 0.5) is 5.95 Å². The van der Waals surface area contributed by atoms with E-state index in [0.29, 0.717) is 17.8 Å². The average molecular weight is 344 g/mol. The Morgan fingerprint density at radius 3 is 2.87 bits per heavy atom. The van der Waals surface area contributed by atoms with Gasteiger partial charge in [0.25, 0.3) is 0 Å². The summed E-state index contributed by atoms with van der Waals surface area (Å²) < 4.78 is 12.7. The van der Waals surface area contributed by atoms with Crippen molar-refractivity contribution in [3.63, 3.8) is 0 Å². The van der Waals surface area contributed by atoms with Crippen molar-refractivity contribution >= 4 is 28.7 Å². The second kappa shape index (κ2) is 5.75. The summed E-state index contributed by atoms with van der Waals surface area (Å²) in [6, 6.07) is 0. The lowest BCUT2D eigenvalue weighted by Crippen LogP contribution is -2.39. The molecule has 1 aliphatic rings. The van der Waals surface area contributed by atoms with E-state index in [2.05, 4.69) is 15.0 Å². The third-order valence-corrected chi connectivity index (χ3v) is 4.25. The summed E-state index contributed by atoms with van der Waals surface area (Å²) in [6.45, 7) is 3.49. The summed E-state index contributed by atoms with van der Waals surface area (Å²) in [5.74, 6) is 0.290. The van der Waals surface area contributed by atoms with E-state index < -0.39 is 23.3 Å². The average Bonchev–Trinajstić information content (AvgIpc) is 3.00. The molecule has 0 amide bonds. The van der Waals surface area contributed by atoms with Crippen molar-refractivity contribution in [1.82, 2.24) is 19.5 Å². The molecule has 3 heterocycles. The first-order valence-electron chi connectivity index (χ1n) is 7.16. The lowest BCUT2D eigenvalue weighted by molar-refractivity contribution is -0.0441. The van der Waals surface area contributed by atoms with E-state index in [0.717, 1.165) is 0 Å². The van der Waals surface area contributed by atoms with E-state index in [1.807, 2.05) is 6.92 Å². The minimum absolute atomic E-state index is 0.0243. The molecule has 4 atom stereocenters. The highest BCUT2D eigenvalue weighted by Crippen LogP contribution is 2.44. The van der Waals surface area contributed by atoms with E-state index in [4.69, 9.17) is 26.8 Å². The van der Waals surface area contributed by atoms with E-state index in [-0.39, 0.29) is 18.4 Å². The molecule has 4 N–H and O–H groups in total. The van der Waals surface area contributed by atoms with Crippen molar-refractivity contribution in [1.29, 1.82) is 0 Å². The Morgan fingerprint density at radius 1 is 1.52 bits per heavy atom. The molecule has 1 saturated heterocycles. The van der Waals surface area contributed by atoms with Gasteiger partial charge in [-0.05, 0) is 13.8 Å². The predicted molar refractivity (Wildman–Crippen MR) is 82.2 cm³/mol. The van der Waals surface area contributed by atoms with Gasteiger partial charge in [0.2, 0.25) is 11.8 Å². The van der Waals surface area contributed by atoms with Crippen LogP contribution in [-0.4, -0.2) is 60.0 Å². The number of hydrogen-bond acceptors (Lipinski definition) is 8. The summed E-state index contributed by atoms with van der Waals surface area (Å²) in [6.07, 6.45) is -1.17. The van der Waals surface area contributed by atoms with E-state index >= 15 is 0 Å². The number of fused-ring (bicyclic) bond motifs is 1. The van der Waals surface area contributed by atoms with Crippen LogP contribution in [0.15, 0.2) is 6.33 Å². The lowest BCUT2D eigenvalue weighted by atomic mass is 10.0. The van der Waals surface area contributed by atoms with Crippen LogP contribution < -0.4 is 10.5 Å². The SMILES string of the molecule is CCOc1nc(N)nc2c1ncn2[C@@H]1O[C@H](CO)[C@@H](O)[C@@]1(C)Cl. The van der Waals surface area contributed by atoms with Crippen molar-refractivity contribution < 1.29 is 19.7 Å². The Hall–Kier alpha value is -1.68. The molecule has 0 aromatic carbocycles. The van der Waals surface area contributed by atoms with Crippen LogP contribution in [0.3, 0.4) is 0 Å². The molecule has 2 aromatic heterocycles. The summed E-state index contributed by atoms with van der Waals surface area (Å²) in [5, 5.41) is 19.5. The summed E-state index contributed by atoms with van der Waals surface area (Å²) in [7, 11) is 0. The van der Waals surface area contributed by atoms with Crippen LogP contribution in [-0.2, 0) is 4.74 Å². The number of nitrogens with two attached hydrogens (primary N) is 1. The standard InChI is InChI=1S/C13H18ClN5O4/c1-3-22-10-7-9(17-12(15)18-10)19(5-16-7)11-13(2,14)8(21)6(4-20)23-11/h5-6,8,11,20-21H,3-4H2,1-2H3,(H2,15,17,18)/t6-,8-,11-,13-/m1/s1. The van der Waals surface area contributed by atoms with Gasteiger partial charge in [-0.25, -0.2) is 4.98 Å². The molecule has 3 rings (SSSR count).